The van der Waals surface area contributed by atoms with Crippen molar-refractivity contribution in [2.24, 2.45) is 4.99 Å². The first kappa shape index (κ1) is 23.0. The molecule has 1 atom stereocenters. The van der Waals surface area contributed by atoms with E-state index in [0.29, 0.717) is 23.2 Å². The van der Waals surface area contributed by atoms with E-state index in [2.05, 4.69) is 25.9 Å². The van der Waals surface area contributed by atoms with Crippen LogP contribution < -0.4 is 20.7 Å². The van der Waals surface area contributed by atoms with Gasteiger partial charge in [0.15, 0.2) is 5.96 Å². The number of ether oxygens (including phenoxy) is 1. The maximum atomic E-state index is 11.9. The summed E-state index contributed by atoms with van der Waals surface area (Å²) in [5, 5.41) is 9.47. The second kappa shape index (κ2) is 12.3. The molecule has 0 saturated heterocycles. The molecule has 0 saturated carbocycles. The van der Waals surface area contributed by atoms with Crippen molar-refractivity contribution in [1.82, 2.24) is 15.6 Å². The predicted molar refractivity (Wildman–Crippen MR) is 119 cm³/mol. The van der Waals surface area contributed by atoms with E-state index in [1.165, 1.54) is 0 Å². The summed E-state index contributed by atoms with van der Waals surface area (Å²) >= 11 is 5.85. The van der Waals surface area contributed by atoms with Crippen LogP contribution in [0.15, 0.2) is 53.8 Å². The molecule has 7 nitrogen and oxygen atoms in total. The third-order valence-corrected chi connectivity index (χ3v) is 3.55. The second-order valence-corrected chi connectivity index (χ2v) is 5.92. The van der Waals surface area contributed by atoms with E-state index in [1.807, 2.05) is 19.1 Å². The summed E-state index contributed by atoms with van der Waals surface area (Å²) in [7, 11) is 1.64. The fourth-order valence-electron chi connectivity index (χ4n) is 2.05. The minimum Gasteiger partial charge on any atom is -0.489 e. The Hall–Kier alpha value is -2.07. The minimum atomic E-state index is -0.189. The highest BCUT2D eigenvalue weighted by molar-refractivity contribution is 14.0. The number of hydrogen-bond donors (Lipinski definition) is 3. The molecule has 27 heavy (non-hydrogen) atoms. The van der Waals surface area contributed by atoms with E-state index >= 15 is 0 Å². The Morgan fingerprint density at radius 2 is 2.00 bits per heavy atom. The first-order valence-corrected chi connectivity index (χ1v) is 8.51. The van der Waals surface area contributed by atoms with Crippen LogP contribution in [0.1, 0.15) is 6.92 Å². The van der Waals surface area contributed by atoms with Crippen LogP contribution in [0.2, 0.25) is 5.02 Å². The van der Waals surface area contributed by atoms with Crippen LogP contribution in [-0.2, 0) is 4.79 Å². The van der Waals surface area contributed by atoms with Gasteiger partial charge in [-0.05, 0) is 43.3 Å². The van der Waals surface area contributed by atoms with Crippen molar-refractivity contribution in [2.45, 2.75) is 13.0 Å². The maximum absolute atomic E-state index is 11.9. The fraction of sp³-hybridized carbons (Fsp3) is 0.278. The fourth-order valence-corrected chi connectivity index (χ4v) is 2.18. The number of nitrogens with zero attached hydrogens (tertiary/aromatic N) is 2. The number of halogens is 2. The Morgan fingerprint density at radius 3 is 2.63 bits per heavy atom. The van der Waals surface area contributed by atoms with E-state index in [-0.39, 0.29) is 42.5 Å². The normalized spacial score (nSPS) is 11.7. The lowest BCUT2D eigenvalue weighted by atomic mass is 10.3. The molecule has 2 aromatic rings. The Balaban J connectivity index is 0.00000364. The van der Waals surface area contributed by atoms with Gasteiger partial charge in [-0.25, -0.2) is 0 Å². The molecule has 1 aromatic carbocycles. The lowest BCUT2D eigenvalue weighted by Gasteiger charge is -2.17. The van der Waals surface area contributed by atoms with Gasteiger partial charge in [0.05, 0.1) is 25.0 Å². The molecule has 0 bridgehead atoms. The van der Waals surface area contributed by atoms with Gasteiger partial charge >= 0.3 is 0 Å². The second-order valence-electron chi connectivity index (χ2n) is 5.48. The van der Waals surface area contributed by atoms with Crippen molar-refractivity contribution < 1.29 is 9.53 Å². The van der Waals surface area contributed by atoms with Crippen LogP contribution in [0.5, 0.6) is 5.75 Å². The zero-order valence-electron chi connectivity index (χ0n) is 15.1. The van der Waals surface area contributed by atoms with Crippen molar-refractivity contribution in [2.75, 3.05) is 25.5 Å². The number of aliphatic imine (C=N–C) groups is 1. The van der Waals surface area contributed by atoms with Crippen LogP contribution in [-0.4, -0.2) is 43.1 Å². The number of hydrogen-bond acceptors (Lipinski definition) is 4. The van der Waals surface area contributed by atoms with E-state index in [1.54, 1.807) is 43.7 Å². The molecule has 3 N–H and O–H groups in total. The molecule has 1 unspecified atom stereocenters. The highest BCUT2D eigenvalue weighted by Gasteiger charge is 2.08. The molecule has 1 amide bonds. The largest absolute Gasteiger partial charge is 0.489 e. The maximum Gasteiger partial charge on any atom is 0.243 e. The van der Waals surface area contributed by atoms with Crippen molar-refractivity contribution in [1.29, 1.82) is 0 Å². The average molecular weight is 504 g/mol. The topological polar surface area (TPSA) is 87.6 Å². The van der Waals surface area contributed by atoms with Gasteiger partial charge in [0.25, 0.3) is 0 Å². The van der Waals surface area contributed by atoms with Crippen LogP contribution in [0.3, 0.4) is 0 Å². The van der Waals surface area contributed by atoms with Gasteiger partial charge in [-0.3, -0.25) is 14.8 Å². The summed E-state index contributed by atoms with van der Waals surface area (Å²) in [5.74, 6) is 1.06. The molecule has 0 radical (unpaired) electrons. The first-order chi connectivity index (χ1) is 12.6. The SMILES string of the molecule is CN=C(NCC(=O)Nc1cccnc1)NCC(C)Oc1ccc(Cl)cc1.I. The summed E-state index contributed by atoms with van der Waals surface area (Å²) in [6.45, 7) is 2.54. The van der Waals surface area contributed by atoms with Gasteiger partial charge in [0.1, 0.15) is 11.9 Å². The average Bonchev–Trinajstić information content (AvgIpc) is 2.64. The number of pyridine rings is 1. The highest BCUT2D eigenvalue weighted by Crippen LogP contribution is 2.16. The first-order valence-electron chi connectivity index (χ1n) is 8.13. The molecule has 0 spiro atoms. The summed E-state index contributed by atoms with van der Waals surface area (Å²) in [4.78, 5) is 20.0. The summed E-state index contributed by atoms with van der Waals surface area (Å²) in [6, 6.07) is 10.7. The standard InChI is InChI=1S/C18H22ClN5O2.HI/c1-13(26-16-7-5-14(19)6-8-16)10-22-18(20-2)23-12-17(25)24-15-4-3-9-21-11-15;/h3-9,11,13H,10,12H2,1-2H3,(H,24,25)(H2,20,22,23);1H. The number of benzene rings is 1. The minimum absolute atomic E-state index is 0. The molecular weight excluding hydrogens is 481 g/mol. The molecule has 0 aliphatic carbocycles. The number of amides is 1. The van der Waals surface area contributed by atoms with Gasteiger partial charge in [0.2, 0.25) is 5.91 Å². The molecular formula is C18H23ClIN5O2. The summed E-state index contributed by atoms with van der Waals surface area (Å²) in [5.41, 5.74) is 0.646. The van der Waals surface area contributed by atoms with Gasteiger partial charge in [0, 0.05) is 18.3 Å². The quantitative estimate of drug-likeness (QED) is 0.307. The number of anilines is 1. The highest BCUT2D eigenvalue weighted by atomic mass is 127. The number of carbonyl (C=O) groups is 1. The predicted octanol–water partition coefficient (Wildman–Crippen LogP) is 2.92. The molecule has 0 fully saturated rings. The molecule has 0 aliphatic rings. The van der Waals surface area contributed by atoms with Crippen molar-refractivity contribution >= 4 is 53.1 Å². The number of aromatic nitrogens is 1. The van der Waals surface area contributed by atoms with Gasteiger partial charge in [-0.15, -0.1) is 24.0 Å². The molecule has 1 aromatic heterocycles. The van der Waals surface area contributed by atoms with E-state index in [0.717, 1.165) is 5.75 Å². The number of rotatable bonds is 7. The molecule has 146 valence electrons. The Kier molecular flexibility index (Phi) is 10.5. The van der Waals surface area contributed by atoms with E-state index in [9.17, 15) is 4.79 Å². The lowest BCUT2D eigenvalue weighted by molar-refractivity contribution is -0.115. The smallest absolute Gasteiger partial charge is 0.243 e. The van der Waals surface area contributed by atoms with Crippen LogP contribution in [0.4, 0.5) is 5.69 Å². The van der Waals surface area contributed by atoms with Gasteiger partial charge < -0.3 is 20.7 Å². The van der Waals surface area contributed by atoms with Crippen molar-refractivity contribution in [3.63, 3.8) is 0 Å². The Morgan fingerprint density at radius 1 is 1.26 bits per heavy atom. The monoisotopic (exact) mass is 503 g/mol. The third-order valence-electron chi connectivity index (χ3n) is 3.29. The molecule has 1 heterocycles. The number of nitrogens with one attached hydrogen (secondary N) is 3. The summed E-state index contributed by atoms with van der Waals surface area (Å²) < 4.78 is 5.78. The lowest BCUT2D eigenvalue weighted by Crippen LogP contribution is -2.44. The molecule has 9 heteroatoms. The van der Waals surface area contributed by atoms with Crippen LogP contribution in [0.25, 0.3) is 0 Å². The van der Waals surface area contributed by atoms with E-state index in [4.69, 9.17) is 16.3 Å². The zero-order chi connectivity index (χ0) is 18.8. The van der Waals surface area contributed by atoms with Gasteiger partial charge in [-0.1, -0.05) is 11.6 Å². The Labute approximate surface area is 181 Å². The van der Waals surface area contributed by atoms with Crippen LogP contribution in [0, 0.1) is 0 Å². The molecule has 0 aliphatic heterocycles. The van der Waals surface area contributed by atoms with Crippen molar-refractivity contribution in [3.05, 3.63) is 53.8 Å². The Bertz CT molecular complexity index is 728. The zero-order valence-corrected chi connectivity index (χ0v) is 18.2. The van der Waals surface area contributed by atoms with Gasteiger partial charge in [-0.2, -0.15) is 0 Å². The van der Waals surface area contributed by atoms with E-state index < -0.39 is 0 Å². The van der Waals surface area contributed by atoms with Crippen molar-refractivity contribution in [3.8, 4) is 5.75 Å². The number of guanidine groups is 1. The third kappa shape index (κ3) is 8.91. The number of carbonyl (C=O) groups excluding carboxylic acids is 1. The molecule has 2 rings (SSSR count). The summed E-state index contributed by atoms with van der Waals surface area (Å²) in [6.07, 6.45) is 3.13. The van der Waals surface area contributed by atoms with Crippen LogP contribution >= 0.6 is 35.6 Å².